The maximum atomic E-state index is 13.7. The summed E-state index contributed by atoms with van der Waals surface area (Å²) in [7, 11) is 1.56. The SMILES string of the molecule is CC(Sc1nc2ccccc2c(=O)n1C)C(=O)Nc1c(F)cccc1F. The van der Waals surface area contributed by atoms with Crippen molar-refractivity contribution in [2.75, 3.05) is 5.32 Å². The van der Waals surface area contributed by atoms with Gasteiger partial charge in [0, 0.05) is 7.05 Å². The molecule has 0 saturated carbocycles. The van der Waals surface area contributed by atoms with Gasteiger partial charge >= 0.3 is 0 Å². The van der Waals surface area contributed by atoms with Crippen LogP contribution in [0.4, 0.5) is 14.5 Å². The highest BCUT2D eigenvalue weighted by Crippen LogP contribution is 2.24. The quantitative estimate of drug-likeness (QED) is 0.561. The Labute approximate surface area is 152 Å². The molecule has 0 radical (unpaired) electrons. The minimum Gasteiger partial charge on any atom is -0.320 e. The summed E-state index contributed by atoms with van der Waals surface area (Å²) in [6.45, 7) is 1.57. The van der Waals surface area contributed by atoms with Gasteiger partial charge in [-0.2, -0.15) is 0 Å². The fourth-order valence-corrected chi connectivity index (χ4v) is 3.23. The molecule has 1 atom stereocenters. The highest BCUT2D eigenvalue weighted by molar-refractivity contribution is 8.00. The largest absolute Gasteiger partial charge is 0.320 e. The number of amides is 1. The summed E-state index contributed by atoms with van der Waals surface area (Å²) in [6, 6.07) is 10.2. The van der Waals surface area contributed by atoms with Crippen LogP contribution in [0.5, 0.6) is 0 Å². The Morgan fingerprint density at radius 2 is 1.81 bits per heavy atom. The number of halogens is 2. The average Bonchev–Trinajstić information content (AvgIpc) is 2.62. The number of fused-ring (bicyclic) bond motifs is 1. The van der Waals surface area contributed by atoms with Crippen molar-refractivity contribution in [3.8, 4) is 0 Å². The molecule has 0 fully saturated rings. The summed E-state index contributed by atoms with van der Waals surface area (Å²) in [5, 5.41) is 2.33. The van der Waals surface area contributed by atoms with Gasteiger partial charge in [-0.15, -0.1) is 0 Å². The molecule has 1 unspecified atom stereocenters. The van der Waals surface area contributed by atoms with E-state index < -0.39 is 28.5 Å². The van der Waals surface area contributed by atoms with E-state index in [4.69, 9.17) is 0 Å². The molecular formula is C18H15F2N3O2S. The summed E-state index contributed by atoms with van der Waals surface area (Å²) >= 11 is 1.03. The van der Waals surface area contributed by atoms with Gasteiger partial charge in [0.2, 0.25) is 5.91 Å². The number of rotatable bonds is 4. The van der Waals surface area contributed by atoms with Crippen molar-refractivity contribution in [3.05, 3.63) is 64.5 Å². The standard InChI is InChI=1S/C18H15F2N3O2S/c1-10(16(24)22-15-12(19)7-5-8-13(15)20)26-18-21-14-9-4-3-6-11(14)17(25)23(18)2/h3-10H,1-2H3,(H,22,24). The maximum absolute atomic E-state index is 13.7. The molecule has 26 heavy (non-hydrogen) atoms. The molecule has 1 N–H and O–H groups in total. The molecule has 0 saturated heterocycles. The van der Waals surface area contributed by atoms with Crippen LogP contribution < -0.4 is 10.9 Å². The van der Waals surface area contributed by atoms with Crippen molar-refractivity contribution in [2.24, 2.45) is 7.05 Å². The Morgan fingerprint density at radius 3 is 2.50 bits per heavy atom. The summed E-state index contributed by atoms with van der Waals surface area (Å²) in [4.78, 5) is 29.1. The third-order valence-corrected chi connectivity index (χ3v) is 4.95. The Bertz CT molecular complexity index is 1030. The molecule has 8 heteroatoms. The first-order chi connectivity index (χ1) is 12.4. The van der Waals surface area contributed by atoms with Gasteiger partial charge in [0.05, 0.1) is 16.2 Å². The van der Waals surface area contributed by atoms with Crippen LogP contribution in [0.2, 0.25) is 0 Å². The molecule has 2 aromatic carbocycles. The van der Waals surface area contributed by atoms with E-state index in [1.807, 2.05) is 0 Å². The number of hydrogen-bond donors (Lipinski definition) is 1. The lowest BCUT2D eigenvalue weighted by molar-refractivity contribution is -0.115. The third kappa shape index (κ3) is 3.45. The molecule has 1 aromatic heterocycles. The predicted octanol–water partition coefficient (Wildman–Crippen LogP) is 3.33. The van der Waals surface area contributed by atoms with E-state index in [0.717, 1.165) is 23.9 Å². The molecule has 0 aliphatic heterocycles. The van der Waals surface area contributed by atoms with E-state index >= 15 is 0 Å². The molecule has 1 amide bonds. The van der Waals surface area contributed by atoms with Crippen molar-refractivity contribution in [1.82, 2.24) is 9.55 Å². The van der Waals surface area contributed by atoms with Gasteiger partial charge in [-0.1, -0.05) is 30.0 Å². The topological polar surface area (TPSA) is 64.0 Å². The summed E-state index contributed by atoms with van der Waals surface area (Å²) in [5.74, 6) is -2.31. The van der Waals surface area contributed by atoms with Gasteiger partial charge in [0.1, 0.15) is 17.3 Å². The van der Waals surface area contributed by atoms with Crippen molar-refractivity contribution in [3.63, 3.8) is 0 Å². The first kappa shape index (κ1) is 18.1. The molecule has 0 spiro atoms. The molecule has 0 aliphatic rings. The summed E-state index contributed by atoms with van der Waals surface area (Å²) in [5.41, 5.74) is -0.206. The fourth-order valence-electron chi connectivity index (χ4n) is 2.36. The highest BCUT2D eigenvalue weighted by atomic mass is 32.2. The molecular weight excluding hydrogens is 360 g/mol. The average molecular weight is 375 g/mol. The minimum atomic E-state index is -0.855. The highest BCUT2D eigenvalue weighted by Gasteiger charge is 2.20. The van der Waals surface area contributed by atoms with E-state index in [1.165, 1.54) is 10.6 Å². The summed E-state index contributed by atoms with van der Waals surface area (Å²) in [6.07, 6.45) is 0. The number of nitrogens with one attached hydrogen (secondary N) is 1. The number of carbonyl (C=O) groups is 1. The number of thioether (sulfide) groups is 1. The molecule has 1 heterocycles. The summed E-state index contributed by atoms with van der Waals surface area (Å²) < 4.78 is 28.7. The normalized spacial score (nSPS) is 12.2. The number of para-hydroxylation sites is 2. The zero-order valence-corrected chi connectivity index (χ0v) is 14.8. The second kappa shape index (κ2) is 7.25. The monoisotopic (exact) mass is 375 g/mol. The van der Waals surface area contributed by atoms with Crippen LogP contribution >= 0.6 is 11.8 Å². The van der Waals surface area contributed by atoms with E-state index in [0.29, 0.717) is 16.1 Å². The fraction of sp³-hybridized carbons (Fsp3) is 0.167. The van der Waals surface area contributed by atoms with Crippen molar-refractivity contribution >= 4 is 34.3 Å². The number of nitrogens with zero attached hydrogens (tertiary/aromatic N) is 2. The van der Waals surface area contributed by atoms with Crippen LogP contribution in [-0.4, -0.2) is 20.7 Å². The lowest BCUT2D eigenvalue weighted by Crippen LogP contribution is -2.26. The maximum Gasteiger partial charge on any atom is 0.261 e. The number of hydrogen-bond acceptors (Lipinski definition) is 4. The zero-order chi connectivity index (χ0) is 18.8. The van der Waals surface area contributed by atoms with Gasteiger partial charge in [0.25, 0.3) is 5.56 Å². The first-order valence-electron chi connectivity index (χ1n) is 7.76. The predicted molar refractivity (Wildman–Crippen MR) is 97.3 cm³/mol. The lowest BCUT2D eigenvalue weighted by Gasteiger charge is -2.14. The molecule has 0 aliphatic carbocycles. The van der Waals surface area contributed by atoms with Crippen LogP contribution in [0.3, 0.4) is 0 Å². The molecule has 3 aromatic rings. The minimum absolute atomic E-state index is 0.231. The van der Waals surface area contributed by atoms with E-state index in [1.54, 1.807) is 38.2 Å². The van der Waals surface area contributed by atoms with Crippen LogP contribution in [0.1, 0.15) is 6.92 Å². The molecule has 0 bridgehead atoms. The van der Waals surface area contributed by atoms with Crippen LogP contribution in [0, 0.1) is 11.6 Å². The lowest BCUT2D eigenvalue weighted by atomic mass is 10.2. The molecule has 5 nitrogen and oxygen atoms in total. The van der Waals surface area contributed by atoms with Crippen LogP contribution in [-0.2, 0) is 11.8 Å². The van der Waals surface area contributed by atoms with E-state index in [-0.39, 0.29) is 5.56 Å². The second-order valence-electron chi connectivity index (χ2n) is 5.62. The third-order valence-electron chi connectivity index (χ3n) is 3.80. The van der Waals surface area contributed by atoms with E-state index in [9.17, 15) is 18.4 Å². The second-order valence-corrected chi connectivity index (χ2v) is 6.93. The molecule has 134 valence electrons. The Morgan fingerprint density at radius 1 is 1.15 bits per heavy atom. The van der Waals surface area contributed by atoms with Crippen molar-refractivity contribution in [2.45, 2.75) is 17.3 Å². The van der Waals surface area contributed by atoms with Gasteiger partial charge in [0.15, 0.2) is 5.16 Å². The van der Waals surface area contributed by atoms with Crippen molar-refractivity contribution in [1.29, 1.82) is 0 Å². The van der Waals surface area contributed by atoms with Crippen molar-refractivity contribution < 1.29 is 13.6 Å². The van der Waals surface area contributed by atoms with Crippen LogP contribution in [0.15, 0.2) is 52.4 Å². The van der Waals surface area contributed by atoms with Gasteiger partial charge in [-0.25, -0.2) is 13.8 Å². The number of carbonyl (C=O) groups excluding carboxylic acids is 1. The zero-order valence-electron chi connectivity index (χ0n) is 14.0. The Kier molecular flexibility index (Phi) is 5.03. The van der Waals surface area contributed by atoms with Crippen LogP contribution in [0.25, 0.3) is 10.9 Å². The Hall–Kier alpha value is -2.74. The van der Waals surface area contributed by atoms with Gasteiger partial charge in [-0.3, -0.25) is 14.2 Å². The number of anilines is 1. The number of benzene rings is 2. The smallest absolute Gasteiger partial charge is 0.261 e. The first-order valence-corrected chi connectivity index (χ1v) is 8.63. The van der Waals surface area contributed by atoms with Gasteiger partial charge < -0.3 is 5.32 Å². The number of aromatic nitrogens is 2. The molecule has 3 rings (SSSR count). The van der Waals surface area contributed by atoms with E-state index in [2.05, 4.69) is 10.3 Å². The Balaban J connectivity index is 1.85. The van der Waals surface area contributed by atoms with Gasteiger partial charge in [-0.05, 0) is 31.2 Å².